The zero-order valence-electron chi connectivity index (χ0n) is 11.9. The van der Waals surface area contributed by atoms with E-state index in [9.17, 15) is 4.79 Å². The van der Waals surface area contributed by atoms with Crippen LogP contribution < -0.4 is 10.6 Å². The highest BCUT2D eigenvalue weighted by atomic mass is 16.1. The molecule has 2 heterocycles. The number of piperidine rings is 1. The molecule has 0 bridgehead atoms. The molecule has 2 rings (SSSR count). The zero-order valence-corrected chi connectivity index (χ0v) is 11.9. The van der Waals surface area contributed by atoms with Gasteiger partial charge in [-0.1, -0.05) is 0 Å². The first-order valence-electron chi connectivity index (χ1n) is 6.74. The van der Waals surface area contributed by atoms with Crippen LogP contribution in [-0.2, 0) is 0 Å². The summed E-state index contributed by atoms with van der Waals surface area (Å²) < 4.78 is 0. The Morgan fingerprint density at radius 2 is 2.32 bits per heavy atom. The van der Waals surface area contributed by atoms with Crippen LogP contribution in [-0.4, -0.2) is 49.0 Å². The van der Waals surface area contributed by atoms with Crippen LogP contribution in [0.15, 0.2) is 12.3 Å². The normalized spacial score (nSPS) is 20.1. The van der Waals surface area contributed by atoms with Gasteiger partial charge in [0.15, 0.2) is 0 Å². The number of amides is 1. The summed E-state index contributed by atoms with van der Waals surface area (Å²) in [7, 11) is 3.91. The Balaban J connectivity index is 2.07. The lowest BCUT2D eigenvalue weighted by atomic mass is 10.1. The number of carbonyl (C=O) groups is 1. The molecule has 1 unspecified atom stereocenters. The number of anilines is 1. The van der Waals surface area contributed by atoms with E-state index in [1.165, 1.54) is 0 Å². The third-order valence-corrected chi connectivity index (χ3v) is 3.51. The molecule has 1 fully saturated rings. The number of aryl methyl sites for hydroxylation is 1. The van der Waals surface area contributed by atoms with E-state index in [0.29, 0.717) is 5.56 Å². The fraction of sp³-hybridized carbons (Fsp3) is 0.571. The van der Waals surface area contributed by atoms with Gasteiger partial charge in [0.1, 0.15) is 0 Å². The molecule has 0 radical (unpaired) electrons. The molecule has 19 heavy (non-hydrogen) atoms. The van der Waals surface area contributed by atoms with E-state index in [2.05, 4.69) is 27.6 Å². The fourth-order valence-electron chi connectivity index (χ4n) is 2.49. The number of nitrogens with zero attached hydrogens (tertiary/aromatic N) is 2. The Morgan fingerprint density at radius 1 is 1.53 bits per heavy atom. The first kappa shape index (κ1) is 13.8. The summed E-state index contributed by atoms with van der Waals surface area (Å²) in [4.78, 5) is 18.8. The van der Waals surface area contributed by atoms with Gasteiger partial charge in [-0.25, -0.2) is 0 Å². The molecule has 1 atom stereocenters. The SMILES string of the molecule is CNc1cc(C)ncc1C(=O)NC1CCCN(C)C1. The largest absolute Gasteiger partial charge is 0.387 e. The average molecular weight is 262 g/mol. The molecule has 1 amide bonds. The number of pyridine rings is 1. The summed E-state index contributed by atoms with van der Waals surface area (Å²) >= 11 is 0. The minimum Gasteiger partial charge on any atom is -0.387 e. The second-order valence-corrected chi connectivity index (χ2v) is 5.20. The van der Waals surface area contributed by atoms with Crippen LogP contribution in [0, 0.1) is 6.92 Å². The number of likely N-dealkylation sites (tertiary alicyclic amines) is 1. The van der Waals surface area contributed by atoms with Crippen LogP contribution in [0.5, 0.6) is 0 Å². The van der Waals surface area contributed by atoms with Crippen molar-refractivity contribution in [2.45, 2.75) is 25.8 Å². The van der Waals surface area contributed by atoms with Crippen LogP contribution in [0.4, 0.5) is 5.69 Å². The maximum atomic E-state index is 12.3. The fourth-order valence-corrected chi connectivity index (χ4v) is 2.49. The number of hydrogen-bond acceptors (Lipinski definition) is 4. The van der Waals surface area contributed by atoms with Gasteiger partial charge in [-0.3, -0.25) is 9.78 Å². The molecule has 1 saturated heterocycles. The van der Waals surface area contributed by atoms with E-state index in [4.69, 9.17) is 0 Å². The third kappa shape index (κ3) is 3.44. The number of likely N-dealkylation sites (N-methyl/N-ethyl adjacent to an activating group) is 1. The topological polar surface area (TPSA) is 57.3 Å². The quantitative estimate of drug-likeness (QED) is 0.861. The summed E-state index contributed by atoms with van der Waals surface area (Å²) in [5.41, 5.74) is 2.34. The molecule has 0 aromatic carbocycles. The molecule has 0 aliphatic carbocycles. The van der Waals surface area contributed by atoms with Crippen molar-refractivity contribution in [1.29, 1.82) is 0 Å². The Hall–Kier alpha value is -1.62. The van der Waals surface area contributed by atoms with Crippen molar-refractivity contribution in [3.63, 3.8) is 0 Å². The van der Waals surface area contributed by atoms with Gasteiger partial charge < -0.3 is 15.5 Å². The molecule has 104 valence electrons. The minimum absolute atomic E-state index is 0.0443. The first-order valence-corrected chi connectivity index (χ1v) is 6.74. The van der Waals surface area contributed by atoms with Crippen molar-refractivity contribution in [3.05, 3.63) is 23.5 Å². The number of carbonyl (C=O) groups excluding carboxylic acids is 1. The number of hydrogen-bond donors (Lipinski definition) is 2. The Kier molecular flexibility index (Phi) is 4.37. The summed E-state index contributed by atoms with van der Waals surface area (Å²) in [6.45, 7) is 3.94. The first-order chi connectivity index (χ1) is 9.10. The second kappa shape index (κ2) is 6.02. The number of nitrogens with one attached hydrogen (secondary N) is 2. The second-order valence-electron chi connectivity index (χ2n) is 5.20. The molecule has 1 aromatic heterocycles. The van der Waals surface area contributed by atoms with Crippen LogP contribution >= 0.6 is 0 Å². The van der Waals surface area contributed by atoms with Gasteiger partial charge in [0.2, 0.25) is 0 Å². The summed E-state index contributed by atoms with van der Waals surface area (Å²) in [5.74, 6) is -0.0443. The van der Waals surface area contributed by atoms with Crippen molar-refractivity contribution in [2.24, 2.45) is 0 Å². The highest BCUT2D eigenvalue weighted by molar-refractivity contribution is 5.99. The maximum absolute atomic E-state index is 12.3. The minimum atomic E-state index is -0.0443. The van der Waals surface area contributed by atoms with Crippen LogP contribution in [0.2, 0.25) is 0 Å². The van der Waals surface area contributed by atoms with Gasteiger partial charge in [0.25, 0.3) is 5.91 Å². The van der Waals surface area contributed by atoms with Gasteiger partial charge in [-0.05, 0) is 39.4 Å². The van der Waals surface area contributed by atoms with E-state index in [-0.39, 0.29) is 11.9 Å². The molecule has 5 nitrogen and oxygen atoms in total. The molecule has 2 N–H and O–H groups in total. The van der Waals surface area contributed by atoms with Crippen LogP contribution in [0.25, 0.3) is 0 Å². The summed E-state index contributed by atoms with van der Waals surface area (Å²) in [6, 6.07) is 2.12. The smallest absolute Gasteiger partial charge is 0.255 e. The Morgan fingerprint density at radius 3 is 3.00 bits per heavy atom. The molecular formula is C14H22N4O. The molecule has 1 aromatic rings. The predicted molar refractivity (Wildman–Crippen MR) is 76.5 cm³/mol. The zero-order chi connectivity index (χ0) is 13.8. The highest BCUT2D eigenvalue weighted by Crippen LogP contribution is 2.16. The third-order valence-electron chi connectivity index (χ3n) is 3.51. The highest BCUT2D eigenvalue weighted by Gasteiger charge is 2.20. The van der Waals surface area contributed by atoms with Gasteiger partial charge >= 0.3 is 0 Å². The van der Waals surface area contributed by atoms with Gasteiger partial charge in [0, 0.05) is 31.5 Å². The number of aromatic nitrogens is 1. The molecule has 1 aliphatic heterocycles. The van der Waals surface area contributed by atoms with Crippen molar-refractivity contribution >= 4 is 11.6 Å². The maximum Gasteiger partial charge on any atom is 0.255 e. The van der Waals surface area contributed by atoms with E-state index in [1.807, 2.05) is 20.0 Å². The van der Waals surface area contributed by atoms with Crippen molar-refractivity contribution in [1.82, 2.24) is 15.2 Å². The standard InChI is InChI=1S/C14H22N4O/c1-10-7-13(15-2)12(8-16-10)14(19)17-11-5-4-6-18(3)9-11/h7-8,11H,4-6,9H2,1-3H3,(H,15,16)(H,17,19). The number of rotatable bonds is 3. The lowest BCUT2D eigenvalue weighted by molar-refractivity contribution is 0.0913. The summed E-state index contributed by atoms with van der Waals surface area (Å²) in [6.07, 6.45) is 3.82. The molecule has 1 aliphatic rings. The predicted octanol–water partition coefficient (Wildman–Crippen LogP) is 1.26. The molecule has 0 saturated carbocycles. The van der Waals surface area contributed by atoms with E-state index >= 15 is 0 Å². The molecule has 5 heteroatoms. The van der Waals surface area contributed by atoms with Crippen molar-refractivity contribution < 1.29 is 4.79 Å². The van der Waals surface area contributed by atoms with Gasteiger partial charge in [0.05, 0.1) is 11.3 Å². The monoisotopic (exact) mass is 262 g/mol. The Labute approximate surface area is 114 Å². The van der Waals surface area contributed by atoms with Crippen LogP contribution in [0.3, 0.4) is 0 Å². The molecular weight excluding hydrogens is 240 g/mol. The van der Waals surface area contributed by atoms with E-state index in [0.717, 1.165) is 37.3 Å². The van der Waals surface area contributed by atoms with Gasteiger partial charge in [-0.15, -0.1) is 0 Å². The summed E-state index contributed by atoms with van der Waals surface area (Å²) in [5, 5.41) is 6.15. The lowest BCUT2D eigenvalue weighted by Gasteiger charge is -2.30. The van der Waals surface area contributed by atoms with E-state index < -0.39 is 0 Å². The van der Waals surface area contributed by atoms with Crippen molar-refractivity contribution in [2.75, 3.05) is 32.5 Å². The Bertz CT molecular complexity index is 461. The van der Waals surface area contributed by atoms with Crippen LogP contribution in [0.1, 0.15) is 28.9 Å². The van der Waals surface area contributed by atoms with E-state index in [1.54, 1.807) is 6.20 Å². The average Bonchev–Trinajstić information content (AvgIpc) is 2.38. The van der Waals surface area contributed by atoms with Crippen molar-refractivity contribution in [3.8, 4) is 0 Å². The van der Waals surface area contributed by atoms with Gasteiger partial charge in [-0.2, -0.15) is 0 Å². The lowest BCUT2D eigenvalue weighted by Crippen LogP contribution is -2.46. The molecule has 0 spiro atoms.